The number of hydrogen-bond acceptors (Lipinski definition) is 3. The van der Waals surface area contributed by atoms with Gasteiger partial charge in [-0.05, 0) is 39.5 Å². The molecule has 1 aliphatic rings. The molecule has 1 saturated carbocycles. The molecule has 1 fully saturated rings. The first kappa shape index (κ1) is 11.9. The fourth-order valence-corrected chi connectivity index (χ4v) is 3.22. The van der Waals surface area contributed by atoms with Crippen LogP contribution in [-0.4, -0.2) is 25.9 Å². The third-order valence-electron chi connectivity index (χ3n) is 2.42. The van der Waals surface area contributed by atoms with E-state index < -0.39 is 21.5 Å². The Hall–Kier alpha value is -0.160. The van der Waals surface area contributed by atoms with Crippen LogP contribution in [-0.2, 0) is 14.3 Å². The molecule has 0 N–H and O–H groups in total. The smallest absolute Gasteiger partial charge is 0.267 e. The van der Waals surface area contributed by atoms with E-state index in [1.54, 1.807) is 13.8 Å². The van der Waals surface area contributed by atoms with E-state index in [1.165, 1.54) is 0 Å². The van der Waals surface area contributed by atoms with Crippen molar-refractivity contribution in [1.82, 2.24) is 0 Å². The van der Waals surface area contributed by atoms with Gasteiger partial charge in [0.2, 0.25) is 0 Å². The van der Waals surface area contributed by atoms with Gasteiger partial charge in [-0.2, -0.15) is 8.42 Å². The van der Waals surface area contributed by atoms with Crippen molar-refractivity contribution in [2.24, 2.45) is 0 Å². The molecule has 0 amide bonds. The van der Waals surface area contributed by atoms with Gasteiger partial charge in [0.15, 0.2) is 0 Å². The highest BCUT2D eigenvalue weighted by molar-refractivity contribution is 7.88. The Balaban J connectivity index is 2.62. The summed E-state index contributed by atoms with van der Waals surface area (Å²) < 4.78 is 39.5. The zero-order valence-electron chi connectivity index (χ0n) is 8.62. The van der Waals surface area contributed by atoms with E-state index in [2.05, 4.69) is 0 Å². The molecule has 5 heteroatoms. The molecular formula is C9H17FO3S. The lowest BCUT2D eigenvalue weighted by molar-refractivity contribution is 0.241. The van der Waals surface area contributed by atoms with Crippen LogP contribution in [0.4, 0.5) is 4.39 Å². The summed E-state index contributed by atoms with van der Waals surface area (Å²) in [6.07, 6.45) is 1.59. The molecule has 0 heterocycles. The second-order valence-electron chi connectivity index (χ2n) is 4.07. The fourth-order valence-electron chi connectivity index (χ4n) is 1.51. The highest BCUT2D eigenvalue weighted by atomic mass is 32.2. The summed E-state index contributed by atoms with van der Waals surface area (Å²) in [6.45, 7) is 2.91. The SMILES string of the molecule is CC(C)OS(=O)(=O)C1(CCCF)CC1. The lowest BCUT2D eigenvalue weighted by atomic mass is 10.2. The van der Waals surface area contributed by atoms with Gasteiger partial charge in [-0.15, -0.1) is 0 Å². The Kier molecular flexibility index (Phi) is 3.53. The second-order valence-corrected chi connectivity index (χ2v) is 6.04. The van der Waals surface area contributed by atoms with Gasteiger partial charge in [0.1, 0.15) is 0 Å². The second kappa shape index (κ2) is 4.14. The van der Waals surface area contributed by atoms with Crippen molar-refractivity contribution in [3.05, 3.63) is 0 Å². The van der Waals surface area contributed by atoms with Crippen LogP contribution in [0.5, 0.6) is 0 Å². The predicted molar refractivity (Wildman–Crippen MR) is 52.3 cm³/mol. The summed E-state index contributed by atoms with van der Waals surface area (Å²) in [6, 6.07) is 0. The van der Waals surface area contributed by atoms with Crippen molar-refractivity contribution < 1.29 is 17.0 Å². The van der Waals surface area contributed by atoms with Crippen molar-refractivity contribution in [2.45, 2.75) is 50.4 Å². The summed E-state index contributed by atoms with van der Waals surface area (Å²) in [5.41, 5.74) is 0. The molecular weight excluding hydrogens is 207 g/mol. The highest BCUT2D eigenvalue weighted by Crippen LogP contribution is 2.48. The van der Waals surface area contributed by atoms with E-state index in [1.807, 2.05) is 0 Å². The van der Waals surface area contributed by atoms with Crippen LogP contribution < -0.4 is 0 Å². The summed E-state index contributed by atoms with van der Waals surface area (Å²) >= 11 is 0. The average Bonchev–Trinajstić information content (AvgIpc) is 2.79. The van der Waals surface area contributed by atoms with Gasteiger partial charge >= 0.3 is 0 Å². The van der Waals surface area contributed by atoms with E-state index >= 15 is 0 Å². The molecule has 1 aliphatic carbocycles. The fraction of sp³-hybridized carbons (Fsp3) is 1.00. The van der Waals surface area contributed by atoms with E-state index in [-0.39, 0.29) is 6.10 Å². The van der Waals surface area contributed by atoms with Crippen LogP contribution in [0.3, 0.4) is 0 Å². The first-order valence-corrected chi connectivity index (χ1v) is 6.33. The molecule has 0 aromatic heterocycles. The van der Waals surface area contributed by atoms with E-state index in [9.17, 15) is 12.8 Å². The Morgan fingerprint density at radius 1 is 1.43 bits per heavy atom. The average molecular weight is 224 g/mol. The summed E-state index contributed by atoms with van der Waals surface area (Å²) in [5.74, 6) is 0. The van der Waals surface area contributed by atoms with Gasteiger partial charge in [-0.3, -0.25) is 8.57 Å². The Morgan fingerprint density at radius 2 is 2.00 bits per heavy atom. The van der Waals surface area contributed by atoms with Crippen molar-refractivity contribution >= 4 is 10.1 Å². The van der Waals surface area contributed by atoms with E-state index in [0.29, 0.717) is 25.7 Å². The van der Waals surface area contributed by atoms with Crippen LogP contribution in [0.15, 0.2) is 0 Å². The molecule has 0 unspecified atom stereocenters. The van der Waals surface area contributed by atoms with Crippen LogP contribution in [0.25, 0.3) is 0 Å². The normalized spacial score (nSPS) is 20.0. The summed E-state index contributed by atoms with van der Waals surface area (Å²) in [7, 11) is -3.49. The zero-order valence-corrected chi connectivity index (χ0v) is 9.44. The molecule has 1 rings (SSSR count). The number of alkyl halides is 1. The number of halogens is 1. The van der Waals surface area contributed by atoms with Crippen LogP contribution in [0, 0.1) is 0 Å². The highest BCUT2D eigenvalue weighted by Gasteiger charge is 2.54. The summed E-state index contributed by atoms with van der Waals surface area (Å²) in [4.78, 5) is 0. The molecule has 0 atom stereocenters. The van der Waals surface area contributed by atoms with Crippen LogP contribution in [0.2, 0.25) is 0 Å². The molecule has 3 nitrogen and oxygen atoms in total. The minimum absolute atomic E-state index is 0.306. The third kappa shape index (κ3) is 2.45. The van der Waals surface area contributed by atoms with Crippen molar-refractivity contribution in [2.75, 3.05) is 6.67 Å². The van der Waals surface area contributed by atoms with E-state index in [0.717, 1.165) is 0 Å². The maximum atomic E-state index is 12.0. The number of hydrogen-bond donors (Lipinski definition) is 0. The molecule has 0 aromatic rings. The van der Waals surface area contributed by atoms with E-state index in [4.69, 9.17) is 4.18 Å². The largest absolute Gasteiger partial charge is 0.273 e. The maximum Gasteiger partial charge on any atom is 0.273 e. The molecule has 0 saturated heterocycles. The molecule has 0 aromatic carbocycles. The summed E-state index contributed by atoms with van der Waals surface area (Å²) in [5, 5.41) is 0. The molecule has 0 bridgehead atoms. The molecule has 0 aliphatic heterocycles. The topological polar surface area (TPSA) is 43.4 Å². The molecule has 14 heavy (non-hydrogen) atoms. The van der Waals surface area contributed by atoms with Gasteiger partial charge in [-0.1, -0.05) is 0 Å². The van der Waals surface area contributed by atoms with Gasteiger partial charge in [0.25, 0.3) is 10.1 Å². The minimum atomic E-state index is -3.49. The minimum Gasteiger partial charge on any atom is -0.267 e. The molecule has 84 valence electrons. The lowest BCUT2D eigenvalue weighted by Crippen LogP contribution is -2.28. The van der Waals surface area contributed by atoms with Crippen LogP contribution >= 0.6 is 0 Å². The van der Waals surface area contributed by atoms with Crippen molar-refractivity contribution in [1.29, 1.82) is 0 Å². The Morgan fingerprint density at radius 3 is 2.36 bits per heavy atom. The Labute approximate surface area is 84.8 Å². The predicted octanol–water partition coefficient (Wildman–Crippen LogP) is 2.02. The van der Waals surface area contributed by atoms with Crippen molar-refractivity contribution in [3.63, 3.8) is 0 Å². The van der Waals surface area contributed by atoms with Crippen LogP contribution in [0.1, 0.15) is 39.5 Å². The van der Waals surface area contributed by atoms with Gasteiger partial charge in [0, 0.05) is 0 Å². The van der Waals surface area contributed by atoms with Crippen molar-refractivity contribution in [3.8, 4) is 0 Å². The standard InChI is InChI=1S/C9H17FO3S/c1-8(2)13-14(11,12)9(5-6-9)4-3-7-10/h8H,3-7H2,1-2H3. The van der Waals surface area contributed by atoms with Gasteiger partial charge in [0.05, 0.1) is 17.5 Å². The first-order valence-electron chi connectivity index (χ1n) is 4.92. The Bertz CT molecular complexity index is 280. The van der Waals surface area contributed by atoms with Gasteiger partial charge < -0.3 is 0 Å². The lowest BCUT2D eigenvalue weighted by Gasteiger charge is -2.16. The number of rotatable bonds is 6. The molecule has 0 radical (unpaired) electrons. The molecule has 0 spiro atoms. The zero-order chi connectivity index (χ0) is 10.8. The maximum absolute atomic E-state index is 12.0. The first-order chi connectivity index (χ1) is 6.43. The monoisotopic (exact) mass is 224 g/mol. The quantitative estimate of drug-likeness (QED) is 0.648. The third-order valence-corrected chi connectivity index (χ3v) is 4.73. The van der Waals surface area contributed by atoms with Gasteiger partial charge in [-0.25, -0.2) is 0 Å².